The van der Waals surface area contributed by atoms with Crippen LogP contribution in [0.25, 0.3) is 0 Å². The van der Waals surface area contributed by atoms with E-state index >= 15 is 0 Å². The number of aromatic nitrogens is 4. The fourth-order valence-electron chi connectivity index (χ4n) is 1.80. The normalized spacial score (nSPS) is 11.2. The van der Waals surface area contributed by atoms with E-state index in [2.05, 4.69) is 21.4 Å². The van der Waals surface area contributed by atoms with Crippen LogP contribution in [0.4, 0.5) is 0 Å². The van der Waals surface area contributed by atoms with E-state index in [1.807, 2.05) is 58.0 Å². The smallest absolute Gasteiger partial charge is 0.0943 e. The molecule has 2 heterocycles. The molecule has 0 N–H and O–H groups in total. The molecule has 5 nitrogen and oxygen atoms in total. The first-order valence-electron chi connectivity index (χ1n) is 6.04. The fourth-order valence-corrected chi connectivity index (χ4v) is 2.21. The van der Waals surface area contributed by atoms with Crippen LogP contribution in [0.2, 0.25) is 0 Å². The van der Waals surface area contributed by atoms with Crippen LogP contribution in [0, 0.1) is 0 Å². The molecule has 0 saturated heterocycles. The van der Waals surface area contributed by atoms with Crippen molar-refractivity contribution in [1.82, 2.24) is 24.5 Å². The topological polar surface area (TPSA) is 38.9 Å². The SMILES string of the molecule is CSCCCN(Cn1cccn1)Cn1cccn1. The summed E-state index contributed by atoms with van der Waals surface area (Å²) in [5.41, 5.74) is 0. The monoisotopic (exact) mass is 265 g/mol. The van der Waals surface area contributed by atoms with Gasteiger partial charge in [0.1, 0.15) is 0 Å². The summed E-state index contributed by atoms with van der Waals surface area (Å²) < 4.78 is 3.89. The average molecular weight is 265 g/mol. The molecule has 0 aliphatic carbocycles. The van der Waals surface area contributed by atoms with Gasteiger partial charge < -0.3 is 0 Å². The van der Waals surface area contributed by atoms with Crippen molar-refractivity contribution in [1.29, 1.82) is 0 Å². The maximum atomic E-state index is 4.25. The maximum absolute atomic E-state index is 4.25. The summed E-state index contributed by atoms with van der Waals surface area (Å²) in [6.45, 7) is 2.67. The van der Waals surface area contributed by atoms with Gasteiger partial charge in [-0.3, -0.25) is 14.3 Å². The van der Waals surface area contributed by atoms with Gasteiger partial charge >= 0.3 is 0 Å². The molecule has 2 aromatic rings. The van der Waals surface area contributed by atoms with Crippen molar-refractivity contribution in [3.8, 4) is 0 Å². The van der Waals surface area contributed by atoms with Crippen LogP contribution < -0.4 is 0 Å². The Morgan fingerprint density at radius 3 is 2.11 bits per heavy atom. The molecule has 0 aromatic carbocycles. The molecule has 0 saturated carbocycles. The highest BCUT2D eigenvalue weighted by molar-refractivity contribution is 7.98. The Balaban J connectivity index is 1.89. The molecule has 98 valence electrons. The standard InChI is InChI=1S/C12H19N5S/c1-18-10-4-7-15(11-16-8-2-5-13-16)12-17-9-3-6-14-17/h2-3,5-6,8-9H,4,7,10-12H2,1H3. The van der Waals surface area contributed by atoms with E-state index in [4.69, 9.17) is 0 Å². The first kappa shape index (κ1) is 13.2. The number of nitrogens with zero attached hydrogens (tertiary/aromatic N) is 5. The van der Waals surface area contributed by atoms with Gasteiger partial charge in [0.15, 0.2) is 0 Å². The van der Waals surface area contributed by atoms with E-state index in [1.165, 1.54) is 12.2 Å². The molecule has 0 unspecified atom stereocenters. The highest BCUT2D eigenvalue weighted by atomic mass is 32.2. The van der Waals surface area contributed by atoms with Crippen LogP contribution in [0.1, 0.15) is 6.42 Å². The summed E-state index contributed by atoms with van der Waals surface area (Å²) in [6.07, 6.45) is 10.9. The van der Waals surface area contributed by atoms with Crippen LogP contribution in [0.15, 0.2) is 36.9 Å². The molecular weight excluding hydrogens is 246 g/mol. The van der Waals surface area contributed by atoms with Crippen molar-refractivity contribution < 1.29 is 0 Å². The highest BCUT2D eigenvalue weighted by Gasteiger charge is 2.06. The number of hydrogen-bond acceptors (Lipinski definition) is 4. The van der Waals surface area contributed by atoms with Gasteiger partial charge in [0.2, 0.25) is 0 Å². The summed E-state index contributed by atoms with van der Waals surface area (Å²) in [5.74, 6) is 1.19. The lowest BCUT2D eigenvalue weighted by molar-refractivity contribution is 0.154. The minimum atomic E-state index is 0.807. The predicted octanol–water partition coefficient (Wildman–Crippen LogP) is 1.75. The van der Waals surface area contributed by atoms with Gasteiger partial charge in [-0.15, -0.1) is 0 Å². The third kappa shape index (κ3) is 4.19. The van der Waals surface area contributed by atoms with E-state index in [0.29, 0.717) is 0 Å². The molecule has 0 spiro atoms. The summed E-state index contributed by atoms with van der Waals surface area (Å²) in [6, 6.07) is 3.90. The van der Waals surface area contributed by atoms with E-state index in [1.54, 1.807) is 0 Å². The molecule has 0 atom stereocenters. The maximum Gasteiger partial charge on any atom is 0.0943 e. The summed E-state index contributed by atoms with van der Waals surface area (Å²) in [7, 11) is 0. The Bertz CT molecular complexity index is 375. The largest absolute Gasteiger partial charge is 0.265 e. The molecule has 0 radical (unpaired) electrons. The van der Waals surface area contributed by atoms with E-state index in [-0.39, 0.29) is 0 Å². The third-order valence-electron chi connectivity index (χ3n) is 2.63. The molecule has 0 fully saturated rings. The molecular formula is C12H19N5S. The van der Waals surface area contributed by atoms with Crippen LogP contribution in [0.3, 0.4) is 0 Å². The Labute approximate surface area is 112 Å². The lowest BCUT2D eigenvalue weighted by Crippen LogP contribution is -2.30. The van der Waals surface area contributed by atoms with Gasteiger partial charge in [0.25, 0.3) is 0 Å². The quantitative estimate of drug-likeness (QED) is 0.682. The molecule has 18 heavy (non-hydrogen) atoms. The first-order valence-corrected chi connectivity index (χ1v) is 7.44. The molecule has 2 rings (SSSR count). The molecule has 0 aliphatic rings. The van der Waals surface area contributed by atoms with Crippen LogP contribution >= 0.6 is 11.8 Å². The van der Waals surface area contributed by atoms with E-state index in [0.717, 1.165) is 19.9 Å². The molecule has 6 heteroatoms. The molecule has 0 aliphatic heterocycles. The second kappa shape index (κ2) is 7.23. The van der Waals surface area contributed by atoms with Crippen molar-refractivity contribution in [2.75, 3.05) is 18.6 Å². The minimum absolute atomic E-state index is 0.807. The Kier molecular flexibility index (Phi) is 5.29. The zero-order valence-corrected chi connectivity index (χ0v) is 11.5. The zero-order chi connectivity index (χ0) is 12.6. The van der Waals surface area contributed by atoms with E-state index < -0.39 is 0 Å². The number of hydrogen-bond donors (Lipinski definition) is 0. The number of thioether (sulfide) groups is 1. The molecule has 0 amide bonds. The summed E-state index contributed by atoms with van der Waals surface area (Å²) >= 11 is 1.89. The second-order valence-electron chi connectivity index (χ2n) is 4.11. The average Bonchev–Trinajstić information content (AvgIpc) is 3.02. The summed E-state index contributed by atoms with van der Waals surface area (Å²) in [5, 5.41) is 8.51. The first-order chi connectivity index (χ1) is 8.88. The highest BCUT2D eigenvalue weighted by Crippen LogP contribution is 2.02. The van der Waals surface area contributed by atoms with Crippen molar-refractivity contribution in [3.63, 3.8) is 0 Å². The van der Waals surface area contributed by atoms with Gasteiger partial charge in [-0.1, -0.05) is 0 Å². The molecule has 0 bridgehead atoms. The Morgan fingerprint density at radius 1 is 1.06 bits per heavy atom. The van der Waals surface area contributed by atoms with Gasteiger partial charge in [-0.05, 0) is 30.6 Å². The van der Waals surface area contributed by atoms with Crippen molar-refractivity contribution in [2.24, 2.45) is 0 Å². The number of rotatable bonds is 8. The fraction of sp³-hybridized carbons (Fsp3) is 0.500. The van der Waals surface area contributed by atoms with Crippen LogP contribution in [-0.4, -0.2) is 43.0 Å². The van der Waals surface area contributed by atoms with Gasteiger partial charge in [-0.25, -0.2) is 0 Å². The lowest BCUT2D eigenvalue weighted by Gasteiger charge is -2.22. The third-order valence-corrected chi connectivity index (χ3v) is 3.33. The van der Waals surface area contributed by atoms with Gasteiger partial charge in [0, 0.05) is 31.3 Å². The summed E-state index contributed by atoms with van der Waals surface area (Å²) in [4.78, 5) is 2.34. The predicted molar refractivity (Wildman–Crippen MR) is 74.2 cm³/mol. The van der Waals surface area contributed by atoms with Crippen molar-refractivity contribution in [2.45, 2.75) is 19.8 Å². The Hall–Kier alpha value is -1.27. The van der Waals surface area contributed by atoms with E-state index in [9.17, 15) is 0 Å². The second-order valence-corrected chi connectivity index (χ2v) is 5.10. The van der Waals surface area contributed by atoms with Gasteiger partial charge in [-0.2, -0.15) is 22.0 Å². The van der Waals surface area contributed by atoms with Crippen LogP contribution in [-0.2, 0) is 13.3 Å². The molecule has 2 aromatic heterocycles. The van der Waals surface area contributed by atoms with Crippen molar-refractivity contribution in [3.05, 3.63) is 36.9 Å². The lowest BCUT2D eigenvalue weighted by atomic mass is 10.4. The van der Waals surface area contributed by atoms with Gasteiger partial charge in [0.05, 0.1) is 13.3 Å². The van der Waals surface area contributed by atoms with Crippen LogP contribution in [0.5, 0.6) is 0 Å². The Morgan fingerprint density at radius 2 is 1.67 bits per heavy atom. The minimum Gasteiger partial charge on any atom is -0.265 e. The zero-order valence-electron chi connectivity index (χ0n) is 10.6. The van der Waals surface area contributed by atoms with Crippen molar-refractivity contribution >= 4 is 11.8 Å².